The highest BCUT2D eigenvalue weighted by Gasteiger charge is 1.91. The van der Waals surface area contributed by atoms with Crippen LogP contribution in [0.2, 0.25) is 0 Å². The van der Waals surface area contributed by atoms with Gasteiger partial charge < -0.3 is 0 Å². The molecule has 0 N–H and O–H groups in total. The minimum absolute atomic E-state index is 0.741. The highest BCUT2D eigenvalue weighted by molar-refractivity contribution is 9.08. The van der Waals surface area contributed by atoms with Crippen molar-refractivity contribution in [2.75, 3.05) is 0 Å². The first-order valence-corrected chi connectivity index (χ1v) is 6.16. The number of allylic oxidation sites excluding steroid dienone is 1. The first-order chi connectivity index (χ1) is 6.72. The van der Waals surface area contributed by atoms with Crippen molar-refractivity contribution >= 4 is 22.0 Å². The number of halogens is 1. The Hall–Kier alpha value is -0.560. The van der Waals surface area contributed by atoms with E-state index in [1.54, 1.807) is 0 Å². The summed E-state index contributed by atoms with van der Waals surface area (Å²) in [6.07, 6.45) is 5.60. The average Bonchev–Trinajstić information content (AvgIpc) is 2.18. The molecule has 1 heteroatoms. The zero-order valence-electron chi connectivity index (χ0n) is 8.83. The molecule has 1 aromatic carbocycles. The summed E-state index contributed by atoms with van der Waals surface area (Å²) in [5.41, 5.74) is 2.62. The average molecular weight is 253 g/mol. The van der Waals surface area contributed by atoms with E-state index in [-0.39, 0.29) is 0 Å². The normalized spacial score (nSPS) is 11.4. The molecule has 0 atom stereocenters. The standard InChI is InChI=1S/C13H17Br/c1-11(2)5-3-6-12-7-4-8-13(9-12)10-14/h3-4,6-9,11H,5,10H2,1-2H3/b6-3+. The lowest BCUT2D eigenvalue weighted by Crippen LogP contribution is -1.82. The third-order valence-corrected chi connectivity index (χ3v) is 2.67. The number of alkyl halides is 1. The van der Waals surface area contributed by atoms with Gasteiger partial charge in [0.1, 0.15) is 0 Å². The molecule has 0 saturated carbocycles. The maximum atomic E-state index is 3.46. The fourth-order valence-electron chi connectivity index (χ4n) is 1.26. The second kappa shape index (κ2) is 6.02. The van der Waals surface area contributed by atoms with Crippen molar-refractivity contribution < 1.29 is 0 Å². The molecule has 0 aliphatic rings. The first-order valence-electron chi connectivity index (χ1n) is 5.04. The Kier molecular flexibility index (Phi) is 4.95. The quantitative estimate of drug-likeness (QED) is 0.685. The highest BCUT2D eigenvalue weighted by Crippen LogP contribution is 2.11. The van der Waals surface area contributed by atoms with Gasteiger partial charge in [-0.15, -0.1) is 0 Å². The van der Waals surface area contributed by atoms with E-state index in [9.17, 15) is 0 Å². The van der Waals surface area contributed by atoms with E-state index < -0.39 is 0 Å². The first kappa shape index (κ1) is 11.5. The second-order valence-corrected chi connectivity index (χ2v) is 4.47. The van der Waals surface area contributed by atoms with Gasteiger partial charge in [0.15, 0.2) is 0 Å². The minimum atomic E-state index is 0.741. The Morgan fingerprint density at radius 1 is 1.36 bits per heavy atom. The van der Waals surface area contributed by atoms with Gasteiger partial charge in [-0.2, -0.15) is 0 Å². The van der Waals surface area contributed by atoms with Crippen LogP contribution in [0.4, 0.5) is 0 Å². The summed E-state index contributed by atoms with van der Waals surface area (Å²) in [6, 6.07) is 8.59. The van der Waals surface area contributed by atoms with Gasteiger partial charge in [-0.05, 0) is 23.5 Å². The van der Waals surface area contributed by atoms with Crippen LogP contribution in [0.1, 0.15) is 31.4 Å². The summed E-state index contributed by atoms with van der Waals surface area (Å²) in [4.78, 5) is 0. The smallest absolute Gasteiger partial charge is 0.0283 e. The summed E-state index contributed by atoms with van der Waals surface area (Å²) < 4.78 is 0. The largest absolute Gasteiger partial charge is 0.0876 e. The van der Waals surface area contributed by atoms with Gasteiger partial charge >= 0.3 is 0 Å². The molecule has 0 unspecified atom stereocenters. The molecule has 14 heavy (non-hydrogen) atoms. The van der Waals surface area contributed by atoms with Crippen molar-refractivity contribution in [3.8, 4) is 0 Å². The molecule has 0 fully saturated rings. The third kappa shape index (κ3) is 4.10. The summed E-state index contributed by atoms with van der Waals surface area (Å²) >= 11 is 3.46. The zero-order chi connectivity index (χ0) is 10.4. The van der Waals surface area contributed by atoms with E-state index in [4.69, 9.17) is 0 Å². The predicted molar refractivity (Wildman–Crippen MR) is 67.6 cm³/mol. The van der Waals surface area contributed by atoms with Gasteiger partial charge in [0.05, 0.1) is 0 Å². The topological polar surface area (TPSA) is 0 Å². The van der Waals surface area contributed by atoms with Gasteiger partial charge in [0.2, 0.25) is 0 Å². The maximum Gasteiger partial charge on any atom is 0.0283 e. The van der Waals surface area contributed by atoms with Crippen LogP contribution < -0.4 is 0 Å². The summed E-state index contributed by atoms with van der Waals surface area (Å²) in [5, 5.41) is 0.929. The Morgan fingerprint density at radius 2 is 2.14 bits per heavy atom. The molecule has 0 spiro atoms. The molecule has 0 saturated heterocycles. The van der Waals surface area contributed by atoms with E-state index in [2.05, 4.69) is 66.2 Å². The monoisotopic (exact) mass is 252 g/mol. The van der Waals surface area contributed by atoms with Crippen molar-refractivity contribution in [3.63, 3.8) is 0 Å². The fourth-order valence-corrected chi connectivity index (χ4v) is 1.60. The van der Waals surface area contributed by atoms with Crippen LogP contribution in [0, 0.1) is 5.92 Å². The predicted octanol–water partition coefficient (Wildman–Crippen LogP) is 4.64. The third-order valence-electron chi connectivity index (χ3n) is 2.02. The number of rotatable bonds is 4. The molecule has 0 amide bonds. The van der Waals surface area contributed by atoms with Crippen molar-refractivity contribution in [2.45, 2.75) is 25.6 Å². The molecule has 0 heterocycles. The molecular weight excluding hydrogens is 236 g/mol. The highest BCUT2D eigenvalue weighted by atomic mass is 79.9. The van der Waals surface area contributed by atoms with Crippen LogP contribution in [0.15, 0.2) is 30.3 Å². The lowest BCUT2D eigenvalue weighted by atomic mass is 10.1. The Labute approximate surface area is 95.2 Å². The van der Waals surface area contributed by atoms with Crippen LogP contribution in [-0.2, 0) is 5.33 Å². The maximum absolute atomic E-state index is 3.46. The minimum Gasteiger partial charge on any atom is -0.0876 e. The number of hydrogen-bond donors (Lipinski definition) is 0. The van der Waals surface area contributed by atoms with Crippen molar-refractivity contribution in [2.24, 2.45) is 5.92 Å². The Balaban J connectivity index is 2.62. The number of hydrogen-bond acceptors (Lipinski definition) is 0. The van der Waals surface area contributed by atoms with E-state index in [1.807, 2.05) is 0 Å². The lowest BCUT2D eigenvalue weighted by Gasteiger charge is -1.99. The van der Waals surface area contributed by atoms with Crippen LogP contribution >= 0.6 is 15.9 Å². The van der Waals surface area contributed by atoms with Crippen molar-refractivity contribution in [1.82, 2.24) is 0 Å². The molecule has 0 aromatic heterocycles. The van der Waals surface area contributed by atoms with E-state index >= 15 is 0 Å². The summed E-state index contributed by atoms with van der Waals surface area (Å²) in [6.45, 7) is 4.47. The lowest BCUT2D eigenvalue weighted by molar-refractivity contribution is 0.665. The molecular formula is C13H17Br. The fraction of sp³-hybridized carbons (Fsp3) is 0.385. The SMILES string of the molecule is CC(C)C/C=C/c1cccc(CBr)c1. The van der Waals surface area contributed by atoms with E-state index in [0.29, 0.717) is 0 Å². The van der Waals surface area contributed by atoms with Gasteiger partial charge in [-0.25, -0.2) is 0 Å². The molecule has 0 nitrogen and oxygen atoms in total. The van der Waals surface area contributed by atoms with Gasteiger partial charge in [0.25, 0.3) is 0 Å². The summed E-state index contributed by atoms with van der Waals surface area (Å²) in [5.74, 6) is 0.741. The van der Waals surface area contributed by atoms with Gasteiger partial charge in [-0.3, -0.25) is 0 Å². The molecule has 0 radical (unpaired) electrons. The van der Waals surface area contributed by atoms with Crippen LogP contribution in [0.25, 0.3) is 6.08 Å². The second-order valence-electron chi connectivity index (χ2n) is 3.91. The molecule has 76 valence electrons. The molecule has 1 rings (SSSR count). The summed E-state index contributed by atoms with van der Waals surface area (Å²) in [7, 11) is 0. The number of benzene rings is 1. The molecule has 0 aliphatic carbocycles. The molecule has 0 bridgehead atoms. The van der Waals surface area contributed by atoms with Crippen molar-refractivity contribution in [1.29, 1.82) is 0 Å². The van der Waals surface area contributed by atoms with Crippen LogP contribution in [0.3, 0.4) is 0 Å². The molecule has 1 aromatic rings. The van der Waals surface area contributed by atoms with Crippen LogP contribution in [0.5, 0.6) is 0 Å². The molecule has 0 aliphatic heterocycles. The van der Waals surface area contributed by atoms with Gasteiger partial charge in [-0.1, -0.05) is 66.2 Å². The van der Waals surface area contributed by atoms with Crippen molar-refractivity contribution in [3.05, 3.63) is 41.5 Å². The Bertz CT molecular complexity index is 300. The zero-order valence-corrected chi connectivity index (χ0v) is 10.4. The van der Waals surface area contributed by atoms with E-state index in [1.165, 1.54) is 11.1 Å². The Morgan fingerprint density at radius 3 is 2.79 bits per heavy atom. The van der Waals surface area contributed by atoms with Gasteiger partial charge in [0, 0.05) is 5.33 Å². The van der Waals surface area contributed by atoms with Crippen LogP contribution in [-0.4, -0.2) is 0 Å². The van der Waals surface area contributed by atoms with E-state index in [0.717, 1.165) is 17.7 Å².